The highest BCUT2D eigenvalue weighted by Crippen LogP contribution is 2.38. The van der Waals surface area contributed by atoms with Crippen LogP contribution in [0, 0.1) is 5.92 Å². The molecule has 1 aliphatic heterocycles. The molecule has 3 N–H and O–H groups in total. The van der Waals surface area contributed by atoms with Crippen LogP contribution in [0.1, 0.15) is 66.2 Å². The van der Waals surface area contributed by atoms with Gasteiger partial charge < -0.3 is 25.2 Å². The standard InChI is InChI=1S/C32H41N5O5/c1-41-27-13-11-26(12-14-27)37-21-28(29(35-37)22-36-17-19-42-20-18-36)31(23-5-3-2-4-6-23)34-25-9-7-24(8-10-25)32(40)33-16-15-30(38)39/h7-14,21,23,31,34H,2-6,15-20,22H2,1H3,(H,33,40)(H,38,39). The molecule has 1 aliphatic carbocycles. The van der Waals surface area contributed by atoms with E-state index in [4.69, 9.17) is 19.7 Å². The van der Waals surface area contributed by atoms with Crippen molar-refractivity contribution in [3.8, 4) is 11.4 Å². The molecule has 2 fully saturated rings. The van der Waals surface area contributed by atoms with E-state index < -0.39 is 5.97 Å². The highest BCUT2D eigenvalue weighted by atomic mass is 16.5. The SMILES string of the molecule is COc1ccc(-n2cc(C(Nc3ccc(C(=O)NCCC(=O)O)cc3)C3CCCCC3)c(CN3CCOCC3)n2)cc1. The number of carbonyl (C=O) groups is 2. The smallest absolute Gasteiger partial charge is 0.305 e. The van der Waals surface area contributed by atoms with Crippen molar-refractivity contribution in [3.63, 3.8) is 0 Å². The number of carbonyl (C=O) groups excluding carboxylic acids is 1. The normalized spacial score (nSPS) is 17.0. The molecule has 0 bridgehead atoms. The number of carboxylic acids is 1. The second-order valence-electron chi connectivity index (χ2n) is 11.1. The molecule has 3 aromatic rings. The number of anilines is 1. The first-order valence-corrected chi connectivity index (χ1v) is 14.9. The number of aromatic nitrogens is 2. The summed E-state index contributed by atoms with van der Waals surface area (Å²) in [5.41, 5.74) is 4.67. The van der Waals surface area contributed by atoms with E-state index in [2.05, 4.69) is 21.7 Å². The molecule has 0 radical (unpaired) electrons. The molecule has 1 aromatic heterocycles. The zero-order valence-electron chi connectivity index (χ0n) is 24.3. The van der Waals surface area contributed by atoms with E-state index in [1.807, 2.05) is 41.1 Å². The minimum absolute atomic E-state index is 0.0589. The Hall–Kier alpha value is -3.89. The Kier molecular flexibility index (Phi) is 10.1. The highest BCUT2D eigenvalue weighted by Gasteiger charge is 2.30. The van der Waals surface area contributed by atoms with Gasteiger partial charge in [0.05, 0.1) is 44.2 Å². The van der Waals surface area contributed by atoms with Crippen molar-refractivity contribution in [1.29, 1.82) is 0 Å². The maximum atomic E-state index is 12.5. The molecule has 1 atom stereocenters. The predicted octanol–water partition coefficient (Wildman–Crippen LogP) is 4.65. The van der Waals surface area contributed by atoms with E-state index in [1.165, 1.54) is 24.8 Å². The van der Waals surface area contributed by atoms with E-state index in [1.54, 1.807) is 19.2 Å². The zero-order valence-corrected chi connectivity index (χ0v) is 24.3. The second kappa shape index (κ2) is 14.3. The third-order valence-electron chi connectivity index (χ3n) is 8.19. The average molecular weight is 576 g/mol. The van der Waals surface area contributed by atoms with Gasteiger partial charge in [0.2, 0.25) is 0 Å². The summed E-state index contributed by atoms with van der Waals surface area (Å²) in [7, 11) is 1.67. The van der Waals surface area contributed by atoms with Crippen LogP contribution in [0.25, 0.3) is 5.69 Å². The molecule has 42 heavy (non-hydrogen) atoms. The van der Waals surface area contributed by atoms with Crippen LogP contribution in [0.5, 0.6) is 5.75 Å². The number of morpholine rings is 1. The summed E-state index contributed by atoms with van der Waals surface area (Å²) < 4.78 is 12.9. The lowest BCUT2D eigenvalue weighted by Gasteiger charge is -2.33. The average Bonchev–Trinajstić information content (AvgIpc) is 3.44. The largest absolute Gasteiger partial charge is 0.497 e. The highest BCUT2D eigenvalue weighted by molar-refractivity contribution is 5.94. The van der Waals surface area contributed by atoms with Crippen molar-refractivity contribution in [1.82, 2.24) is 20.0 Å². The van der Waals surface area contributed by atoms with Crippen molar-refractivity contribution in [2.24, 2.45) is 5.92 Å². The number of methoxy groups -OCH3 is 1. The first-order chi connectivity index (χ1) is 20.5. The van der Waals surface area contributed by atoms with E-state index in [9.17, 15) is 9.59 Å². The summed E-state index contributed by atoms with van der Waals surface area (Å²) in [5, 5.41) is 20.5. The first-order valence-electron chi connectivity index (χ1n) is 14.9. The lowest BCUT2D eigenvalue weighted by Crippen LogP contribution is -2.36. The number of benzene rings is 2. The molecule has 5 rings (SSSR count). The fourth-order valence-electron chi connectivity index (χ4n) is 5.84. The first kappa shape index (κ1) is 29.6. The van der Waals surface area contributed by atoms with Crippen LogP contribution in [0.3, 0.4) is 0 Å². The van der Waals surface area contributed by atoms with Crippen molar-refractivity contribution in [2.75, 3.05) is 45.3 Å². The lowest BCUT2D eigenvalue weighted by molar-refractivity contribution is -0.136. The van der Waals surface area contributed by atoms with Crippen molar-refractivity contribution in [3.05, 3.63) is 71.5 Å². The Balaban J connectivity index is 1.43. The molecular weight excluding hydrogens is 534 g/mol. The number of hydrogen-bond donors (Lipinski definition) is 3. The van der Waals surface area contributed by atoms with Gasteiger partial charge in [0.1, 0.15) is 5.75 Å². The Morgan fingerprint density at radius 2 is 1.76 bits per heavy atom. The minimum atomic E-state index is -0.938. The van der Waals surface area contributed by atoms with E-state index in [0.717, 1.165) is 68.5 Å². The third-order valence-corrected chi connectivity index (χ3v) is 8.19. The molecule has 10 nitrogen and oxygen atoms in total. The number of ether oxygens (including phenoxy) is 2. The fraction of sp³-hybridized carbons (Fsp3) is 0.469. The van der Waals surface area contributed by atoms with Crippen LogP contribution in [0.15, 0.2) is 54.7 Å². The molecule has 2 aromatic carbocycles. The van der Waals surface area contributed by atoms with Gasteiger partial charge >= 0.3 is 5.97 Å². The second-order valence-corrected chi connectivity index (χ2v) is 11.1. The van der Waals surface area contributed by atoms with Crippen LogP contribution in [-0.2, 0) is 16.1 Å². The number of aliphatic carboxylic acids is 1. The van der Waals surface area contributed by atoms with Crippen molar-refractivity contribution in [2.45, 2.75) is 51.1 Å². The number of carboxylic acid groups (broad SMARTS) is 1. The Bertz CT molecular complexity index is 1310. The van der Waals surface area contributed by atoms with E-state index >= 15 is 0 Å². The van der Waals surface area contributed by atoms with E-state index in [-0.39, 0.29) is 24.9 Å². The van der Waals surface area contributed by atoms with Gasteiger partial charge in [0.15, 0.2) is 0 Å². The number of nitrogens with zero attached hydrogens (tertiary/aromatic N) is 3. The Labute approximate surface area is 247 Å². The molecule has 2 heterocycles. The quantitative estimate of drug-likeness (QED) is 0.286. The van der Waals surface area contributed by atoms with Crippen LogP contribution >= 0.6 is 0 Å². The molecule has 1 unspecified atom stereocenters. The van der Waals surface area contributed by atoms with Gasteiger partial charge in [-0.05, 0) is 67.3 Å². The molecule has 224 valence electrons. The Morgan fingerprint density at radius 1 is 1.05 bits per heavy atom. The monoisotopic (exact) mass is 575 g/mol. The summed E-state index contributed by atoms with van der Waals surface area (Å²) in [5.74, 6) is 0.0437. The van der Waals surface area contributed by atoms with Gasteiger partial charge in [-0.1, -0.05) is 19.3 Å². The summed E-state index contributed by atoms with van der Waals surface area (Å²) in [6, 6.07) is 15.4. The molecule has 2 aliphatic rings. The van der Waals surface area contributed by atoms with Gasteiger partial charge in [-0.3, -0.25) is 14.5 Å². The van der Waals surface area contributed by atoms with Crippen LogP contribution in [0.2, 0.25) is 0 Å². The maximum absolute atomic E-state index is 12.5. The summed E-state index contributed by atoms with van der Waals surface area (Å²) in [6.45, 7) is 4.08. The van der Waals surface area contributed by atoms with Crippen LogP contribution in [-0.4, -0.2) is 71.6 Å². The van der Waals surface area contributed by atoms with Gasteiger partial charge in [0.25, 0.3) is 5.91 Å². The molecule has 0 spiro atoms. The number of amides is 1. The molecular formula is C32H41N5O5. The number of rotatable bonds is 12. The number of hydrogen-bond acceptors (Lipinski definition) is 7. The Morgan fingerprint density at radius 3 is 2.43 bits per heavy atom. The predicted molar refractivity (Wildman–Crippen MR) is 160 cm³/mol. The molecule has 1 saturated carbocycles. The molecule has 10 heteroatoms. The zero-order chi connectivity index (χ0) is 29.3. The van der Waals surface area contributed by atoms with Crippen LogP contribution in [0.4, 0.5) is 5.69 Å². The van der Waals surface area contributed by atoms with E-state index in [0.29, 0.717) is 11.5 Å². The fourth-order valence-corrected chi connectivity index (χ4v) is 5.84. The van der Waals surface area contributed by atoms with Crippen LogP contribution < -0.4 is 15.4 Å². The minimum Gasteiger partial charge on any atom is -0.497 e. The molecule has 1 saturated heterocycles. The summed E-state index contributed by atoms with van der Waals surface area (Å²) in [4.78, 5) is 25.7. The van der Waals surface area contributed by atoms with Gasteiger partial charge in [-0.15, -0.1) is 0 Å². The third kappa shape index (κ3) is 7.68. The van der Waals surface area contributed by atoms with Crippen molar-refractivity contribution >= 4 is 17.6 Å². The molecule has 1 amide bonds. The topological polar surface area (TPSA) is 118 Å². The number of nitrogens with one attached hydrogen (secondary N) is 2. The van der Waals surface area contributed by atoms with Crippen molar-refractivity contribution < 1.29 is 24.2 Å². The van der Waals surface area contributed by atoms with Gasteiger partial charge in [-0.25, -0.2) is 4.68 Å². The maximum Gasteiger partial charge on any atom is 0.305 e. The summed E-state index contributed by atoms with van der Waals surface area (Å²) >= 11 is 0. The lowest BCUT2D eigenvalue weighted by atomic mass is 9.81. The van der Waals surface area contributed by atoms with Gasteiger partial charge in [-0.2, -0.15) is 5.10 Å². The van der Waals surface area contributed by atoms with Gasteiger partial charge in [0, 0.05) is 49.2 Å². The summed E-state index contributed by atoms with van der Waals surface area (Å²) in [6.07, 6.45) is 8.05.